The van der Waals surface area contributed by atoms with Gasteiger partial charge < -0.3 is 14.8 Å². The third kappa shape index (κ3) is 4.32. The summed E-state index contributed by atoms with van der Waals surface area (Å²) in [6.45, 7) is 6.13. The van der Waals surface area contributed by atoms with Gasteiger partial charge in [-0.15, -0.1) is 0 Å². The third-order valence-corrected chi connectivity index (χ3v) is 6.36. The van der Waals surface area contributed by atoms with Crippen molar-refractivity contribution in [1.29, 1.82) is 0 Å². The van der Waals surface area contributed by atoms with Gasteiger partial charge in [0.25, 0.3) is 5.91 Å². The molecule has 1 unspecified atom stereocenters. The molecule has 0 spiro atoms. The molecular weight excluding hydrogens is 414 g/mol. The van der Waals surface area contributed by atoms with Crippen LogP contribution in [0, 0.1) is 6.92 Å². The lowest BCUT2D eigenvalue weighted by atomic mass is 10.00. The van der Waals surface area contributed by atoms with Crippen LogP contribution in [0.15, 0.2) is 66.7 Å². The number of benzene rings is 3. The molecule has 170 valence electrons. The maximum absolute atomic E-state index is 13.6. The summed E-state index contributed by atoms with van der Waals surface area (Å²) in [6.07, 6.45) is -0.329. The highest BCUT2D eigenvalue weighted by molar-refractivity contribution is 6.12. The van der Waals surface area contributed by atoms with E-state index in [1.807, 2.05) is 72.5 Å². The summed E-state index contributed by atoms with van der Waals surface area (Å²) in [6, 6.07) is 22.0. The van der Waals surface area contributed by atoms with Gasteiger partial charge in [-0.1, -0.05) is 35.9 Å². The Morgan fingerprint density at radius 2 is 1.79 bits per heavy atom. The summed E-state index contributed by atoms with van der Waals surface area (Å²) >= 11 is 0. The number of morpholine rings is 1. The molecule has 1 atom stereocenters. The molecule has 6 heteroatoms. The number of carbonyl (C=O) groups is 1. The van der Waals surface area contributed by atoms with Crippen LogP contribution in [-0.2, 0) is 11.3 Å². The highest BCUT2D eigenvalue weighted by Crippen LogP contribution is 2.38. The molecule has 1 saturated heterocycles. The molecule has 3 aromatic rings. The number of anilines is 2. The van der Waals surface area contributed by atoms with Gasteiger partial charge in [0.05, 0.1) is 25.9 Å². The lowest BCUT2D eigenvalue weighted by Crippen LogP contribution is -2.43. The van der Waals surface area contributed by atoms with Crippen LogP contribution in [0.25, 0.3) is 0 Å². The minimum absolute atomic E-state index is 0.0104. The first-order valence-corrected chi connectivity index (χ1v) is 11.4. The maximum Gasteiger partial charge on any atom is 0.262 e. The number of rotatable bonds is 5. The third-order valence-electron chi connectivity index (χ3n) is 6.36. The topological polar surface area (TPSA) is 54.0 Å². The molecule has 0 radical (unpaired) electrons. The van der Waals surface area contributed by atoms with E-state index < -0.39 is 0 Å². The Bertz CT molecular complexity index is 1140. The predicted octanol–water partition coefficient (Wildman–Crippen LogP) is 4.61. The Kier molecular flexibility index (Phi) is 6.03. The summed E-state index contributed by atoms with van der Waals surface area (Å²) in [7, 11) is 1.70. The molecule has 2 aliphatic heterocycles. The van der Waals surface area contributed by atoms with Crippen molar-refractivity contribution in [1.82, 2.24) is 4.90 Å². The van der Waals surface area contributed by atoms with Crippen LogP contribution < -0.4 is 15.0 Å². The van der Waals surface area contributed by atoms with Gasteiger partial charge in [-0.3, -0.25) is 14.6 Å². The molecule has 6 nitrogen and oxygen atoms in total. The van der Waals surface area contributed by atoms with E-state index in [0.29, 0.717) is 5.56 Å². The highest BCUT2D eigenvalue weighted by Gasteiger charge is 2.34. The molecule has 1 N–H and O–H groups in total. The Morgan fingerprint density at radius 3 is 2.55 bits per heavy atom. The van der Waals surface area contributed by atoms with Crippen LogP contribution in [0.2, 0.25) is 0 Å². The minimum atomic E-state index is -0.329. The Hall–Kier alpha value is -3.35. The van der Waals surface area contributed by atoms with Gasteiger partial charge in [-0.25, -0.2) is 0 Å². The van der Waals surface area contributed by atoms with Gasteiger partial charge in [0, 0.05) is 36.6 Å². The molecule has 2 heterocycles. The Labute approximate surface area is 194 Å². The number of hydrogen-bond acceptors (Lipinski definition) is 5. The Morgan fingerprint density at radius 1 is 1.03 bits per heavy atom. The first-order chi connectivity index (χ1) is 16.1. The summed E-state index contributed by atoms with van der Waals surface area (Å²) < 4.78 is 11.2. The average molecular weight is 444 g/mol. The Balaban J connectivity index is 1.55. The molecule has 3 aromatic carbocycles. The van der Waals surface area contributed by atoms with Gasteiger partial charge in [0.1, 0.15) is 11.9 Å². The molecule has 0 aromatic heterocycles. The number of fused-ring (bicyclic) bond motifs is 1. The lowest BCUT2D eigenvalue weighted by Gasteiger charge is -2.38. The molecule has 5 rings (SSSR count). The fraction of sp³-hybridized carbons (Fsp3) is 0.296. The van der Waals surface area contributed by atoms with E-state index in [-0.39, 0.29) is 12.1 Å². The van der Waals surface area contributed by atoms with Crippen LogP contribution >= 0.6 is 0 Å². The zero-order chi connectivity index (χ0) is 22.8. The first-order valence-electron chi connectivity index (χ1n) is 11.4. The quantitative estimate of drug-likeness (QED) is 0.624. The van der Waals surface area contributed by atoms with Gasteiger partial charge in [-0.2, -0.15) is 0 Å². The summed E-state index contributed by atoms with van der Waals surface area (Å²) in [5, 5.41) is 3.61. The van der Waals surface area contributed by atoms with Crippen LogP contribution in [0.1, 0.15) is 33.2 Å². The van der Waals surface area contributed by atoms with E-state index >= 15 is 0 Å². The van der Waals surface area contributed by atoms with E-state index in [0.717, 1.165) is 66.7 Å². The van der Waals surface area contributed by atoms with Gasteiger partial charge in [0.15, 0.2) is 0 Å². The number of carbonyl (C=O) groups excluding carboxylic acids is 1. The van der Waals surface area contributed by atoms with Gasteiger partial charge in [-0.05, 0) is 48.9 Å². The van der Waals surface area contributed by atoms with Crippen molar-refractivity contribution in [3.63, 3.8) is 0 Å². The summed E-state index contributed by atoms with van der Waals surface area (Å²) in [5.41, 5.74) is 5.67. The van der Waals surface area contributed by atoms with Gasteiger partial charge in [0.2, 0.25) is 0 Å². The second-order valence-electron chi connectivity index (χ2n) is 8.56. The highest BCUT2D eigenvalue weighted by atomic mass is 16.5. The molecule has 0 saturated carbocycles. The monoisotopic (exact) mass is 443 g/mol. The normalized spacial score (nSPS) is 18.5. The fourth-order valence-electron chi connectivity index (χ4n) is 4.55. The van der Waals surface area contributed by atoms with Gasteiger partial charge >= 0.3 is 0 Å². The lowest BCUT2D eigenvalue weighted by molar-refractivity contribution is 0.0338. The largest absolute Gasteiger partial charge is 0.496 e. The number of amides is 1. The zero-order valence-corrected chi connectivity index (χ0v) is 19.1. The van der Waals surface area contributed by atoms with Crippen LogP contribution in [0.5, 0.6) is 5.75 Å². The average Bonchev–Trinajstić information content (AvgIpc) is 2.85. The first kappa shape index (κ1) is 21.5. The summed E-state index contributed by atoms with van der Waals surface area (Å²) in [4.78, 5) is 17.9. The smallest absolute Gasteiger partial charge is 0.262 e. The number of para-hydroxylation sites is 1. The number of hydrogen-bond donors (Lipinski definition) is 1. The number of methoxy groups -OCH3 is 1. The number of nitrogens with zero attached hydrogens (tertiary/aromatic N) is 2. The van der Waals surface area contributed by atoms with Crippen LogP contribution in [0.3, 0.4) is 0 Å². The van der Waals surface area contributed by atoms with E-state index in [9.17, 15) is 4.79 Å². The second-order valence-corrected chi connectivity index (χ2v) is 8.56. The second kappa shape index (κ2) is 9.25. The molecular formula is C27H29N3O3. The SMILES string of the molecule is COc1ccc(C2Nc3ccccc3C(=O)N2c2ccc(C)cc2)cc1CN1CCOCC1. The van der Waals surface area contributed by atoms with Crippen molar-refractivity contribution in [2.45, 2.75) is 19.6 Å². The fourth-order valence-corrected chi connectivity index (χ4v) is 4.55. The van der Waals surface area contributed by atoms with E-state index in [1.165, 1.54) is 0 Å². The molecule has 0 aliphatic carbocycles. The molecule has 1 amide bonds. The van der Waals surface area contributed by atoms with Crippen molar-refractivity contribution < 1.29 is 14.3 Å². The number of nitrogens with one attached hydrogen (secondary N) is 1. The van der Waals surface area contributed by atoms with E-state index in [4.69, 9.17) is 9.47 Å². The molecule has 2 aliphatic rings. The predicted molar refractivity (Wildman–Crippen MR) is 130 cm³/mol. The molecule has 1 fully saturated rings. The van der Waals surface area contributed by atoms with Crippen molar-refractivity contribution in [3.8, 4) is 5.75 Å². The van der Waals surface area contributed by atoms with Crippen molar-refractivity contribution >= 4 is 17.3 Å². The molecule has 0 bridgehead atoms. The van der Waals surface area contributed by atoms with Crippen LogP contribution in [-0.4, -0.2) is 44.2 Å². The van der Waals surface area contributed by atoms with Crippen molar-refractivity contribution in [2.75, 3.05) is 43.6 Å². The summed E-state index contributed by atoms with van der Waals surface area (Å²) in [5.74, 6) is 0.846. The maximum atomic E-state index is 13.6. The standard InChI is InChI=1S/C27H29N3O3/c1-19-7-10-22(11-8-19)30-26(28-24-6-4-3-5-23(24)27(30)31)20-9-12-25(32-2)21(17-20)18-29-13-15-33-16-14-29/h3-12,17,26,28H,13-16,18H2,1-2H3. The van der Waals surface area contributed by atoms with Crippen LogP contribution in [0.4, 0.5) is 11.4 Å². The zero-order valence-electron chi connectivity index (χ0n) is 19.1. The minimum Gasteiger partial charge on any atom is -0.496 e. The van der Waals surface area contributed by atoms with Crippen molar-refractivity contribution in [2.24, 2.45) is 0 Å². The molecule has 33 heavy (non-hydrogen) atoms. The number of aryl methyl sites for hydroxylation is 1. The van der Waals surface area contributed by atoms with Crippen molar-refractivity contribution in [3.05, 3.63) is 89.0 Å². The van der Waals surface area contributed by atoms with E-state index in [1.54, 1.807) is 7.11 Å². The number of ether oxygens (including phenoxy) is 2. The van der Waals surface area contributed by atoms with E-state index in [2.05, 4.69) is 16.3 Å².